The first-order chi connectivity index (χ1) is 16.9. The molecule has 3 atom stereocenters. The second-order valence-corrected chi connectivity index (χ2v) is 14.6. The summed E-state index contributed by atoms with van der Waals surface area (Å²) in [5.74, 6) is 0.120. The molecule has 198 valence electrons. The summed E-state index contributed by atoms with van der Waals surface area (Å²) in [4.78, 5) is 13.6. The van der Waals surface area contributed by atoms with Crippen molar-refractivity contribution in [1.29, 1.82) is 0 Å². The van der Waals surface area contributed by atoms with Crippen molar-refractivity contribution in [1.82, 2.24) is 4.31 Å². The van der Waals surface area contributed by atoms with Crippen LogP contribution in [0.3, 0.4) is 0 Å². The van der Waals surface area contributed by atoms with Crippen molar-refractivity contribution < 1.29 is 27.8 Å². The van der Waals surface area contributed by atoms with Gasteiger partial charge in [-0.15, -0.1) is 0 Å². The van der Waals surface area contributed by atoms with Crippen LogP contribution in [0.2, 0.25) is 5.04 Å². The molecule has 2 aromatic rings. The Labute approximate surface area is 220 Å². The van der Waals surface area contributed by atoms with Gasteiger partial charge in [-0.25, -0.2) is 8.70 Å². The zero-order valence-electron chi connectivity index (χ0n) is 22.2. The summed E-state index contributed by atoms with van der Waals surface area (Å²) in [6.07, 6.45) is -0.560. The molecule has 0 aliphatic carbocycles. The minimum absolute atomic E-state index is 0.168. The lowest BCUT2D eigenvalue weighted by atomic mass is 9.98. The highest BCUT2D eigenvalue weighted by Gasteiger charge is 2.46. The molecule has 1 heterocycles. The number of morpholine rings is 1. The summed E-state index contributed by atoms with van der Waals surface area (Å²) < 4.78 is 38.8. The van der Waals surface area contributed by atoms with Crippen LogP contribution < -0.4 is 4.74 Å². The molecule has 0 amide bonds. The van der Waals surface area contributed by atoms with E-state index in [-0.39, 0.29) is 29.0 Å². The van der Waals surface area contributed by atoms with Gasteiger partial charge in [0.05, 0.1) is 24.9 Å². The van der Waals surface area contributed by atoms with E-state index in [9.17, 15) is 9.18 Å². The molecular formula is C27H38FNO5SSi. The lowest BCUT2D eigenvalue weighted by Gasteiger charge is -2.46. The average molecular weight is 536 g/mol. The maximum Gasteiger partial charge on any atom is 0.326 e. The standard InChI is InChI=1S/C27H38FNO5SSi/c1-18-24(25(30)31-7)29(16-23(33-18)27(5,6)34-36-26(2,3)4)35-22-14-12-21(13-15-22)32-17-19-8-10-20(28)11-9-19/h8-15,18,23-24H,16-17,36H2,1-7H3. The van der Waals surface area contributed by atoms with Crippen LogP contribution in [0, 0.1) is 5.82 Å². The number of esters is 1. The molecule has 6 nitrogen and oxygen atoms in total. The molecule has 9 heteroatoms. The van der Waals surface area contributed by atoms with Gasteiger partial charge in [0.1, 0.15) is 24.2 Å². The van der Waals surface area contributed by atoms with Crippen molar-refractivity contribution in [3.8, 4) is 5.75 Å². The predicted octanol–water partition coefficient (Wildman–Crippen LogP) is 5.14. The minimum atomic E-state index is -0.784. The Bertz CT molecular complexity index is 997. The van der Waals surface area contributed by atoms with Gasteiger partial charge < -0.3 is 18.6 Å². The van der Waals surface area contributed by atoms with E-state index < -0.39 is 21.4 Å². The van der Waals surface area contributed by atoms with Crippen LogP contribution in [-0.2, 0) is 25.3 Å². The van der Waals surface area contributed by atoms with E-state index in [1.54, 1.807) is 12.1 Å². The Morgan fingerprint density at radius 1 is 1.11 bits per heavy atom. The highest BCUT2D eigenvalue weighted by Crippen LogP contribution is 2.36. The second-order valence-electron chi connectivity index (χ2n) is 10.8. The monoisotopic (exact) mass is 535 g/mol. The van der Waals surface area contributed by atoms with E-state index >= 15 is 0 Å². The van der Waals surface area contributed by atoms with Gasteiger partial charge in [-0.3, -0.25) is 4.79 Å². The van der Waals surface area contributed by atoms with E-state index in [0.29, 0.717) is 18.9 Å². The molecule has 1 aliphatic rings. The first-order valence-corrected chi connectivity index (χ1v) is 14.2. The van der Waals surface area contributed by atoms with Crippen LogP contribution in [0.5, 0.6) is 5.75 Å². The van der Waals surface area contributed by atoms with E-state index in [4.69, 9.17) is 18.6 Å². The molecule has 0 radical (unpaired) electrons. The minimum Gasteiger partial charge on any atom is -0.489 e. The molecule has 1 saturated heterocycles. The maximum absolute atomic E-state index is 13.1. The zero-order chi connectivity index (χ0) is 26.5. The molecular weight excluding hydrogens is 497 g/mol. The van der Waals surface area contributed by atoms with Crippen LogP contribution in [0.4, 0.5) is 4.39 Å². The summed E-state index contributed by atoms with van der Waals surface area (Å²) >= 11 is 1.50. The zero-order valence-corrected chi connectivity index (χ0v) is 24.5. The summed E-state index contributed by atoms with van der Waals surface area (Å²) in [5.41, 5.74) is 0.412. The number of halogens is 1. The smallest absolute Gasteiger partial charge is 0.326 e. The van der Waals surface area contributed by atoms with E-state index in [0.717, 1.165) is 10.5 Å². The van der Waals surface area contributed by atoms with Crippen molar-refractivity contribution in [2.24, 2.45) is 0 Å². The molecule has 0 aromatic heterocycles. The predicted molar refractivity (Wildman–Crippen MR) is 143 cm³/mol. The third kappa shape index (κ3) is 8.04. The van der Waals surface area contributed by atoms with Crippen molar-refractivity contribution in [3.05, 3.63) is 59.9 Å². The van der Waals surface area contributed by atoms with Gasteiger partial charge in [-0.05, 0) is 79.7 Å². The molecule has 36 heavy (non-hydrogen) atoms. The maximum atomic E-state index is 13.1. The quantitative estimate of drug-likeness (QED) is 0.250. The van der Waals surface area contributed by atoms with E-state index in [2.05, 4.69) is 34.6 Å². The topological polar surface area (TPSA) is 57.2 Å². The highest BCUT2D eigenvalue weighted by atomic mass is 32.2. The van der Waals surface area contributed by atoms with Crippen molar-refractivity contribution >= 4 is 27.7 Å². The number of benzene rings is 2. The largest absolute Gasteiger partial charge is 0.489 e. The third-order valence-electron chi connectivity index (χ3n) is 5.94. The van der Waals surface area contributed by atoms with Gasteiger partial charge >= 0.3 is 5.97 Å². The molecule has 2 aromatic carbocycles. The summed E-state index contributed by atoms with van der Waals surface area (Å²) in [6, 6.07) is 13.4. The van der Waals surface area contributed by atoms with Gasteiger partial charge in [-0.1, -0.05) is 32.9 Å². The van der Waals surface area contributed by atoms with Crippen molar-refractivity contribution in [3.63, 3.8) is 0 Å². The Balaban J connectivity index is 1.69. The summed E-state index contributed by atoms with van der Waals surface area (Å²) in [5, 5.41) is 0.168. The molecule has 3 rings (SSSR count). The number of hydrogen-bond acceptors (Lipinski definition) is 7. The highest BCUT2D eigenvalue weighted by molar-refractivity contribution is 7.97. The number of methoxy groups -OCH3 is 1. The van der Waals surface area contributed by atoms with Crippen molar-refractivity contribution in [2.75, 3.05) is 13.7 Å². The number of ether oxygens (including phenoxy) is 3. The number of nitrogens with zero attached hydrogens (tertiary/aromatic N) is 1. The second kappa shape index (κ2) is 12.1. The molecule has 0 saturated carbocycles. The van der Waals surface area contributed by atoms with E-state index in [1.807, 2.05) is 35.5 Å². The Morgan fingerprint density at radius 3 is 2.33 bits per heavy atom. The van der Waals surface area contributed by atoms with Crippen LogP contribution in [0.1, 0.15) is 47.1 Å². The fourth-order valence-electron chi connectivity index (χ4n) is 3.77. The van der Waals surface area contributed by atoms with Gasteiger partial charge in [0, 0.05) is 11.4 Å². The van der Waals surface area contributed by atoms with Crippen LogP contribution in [0.15, 0.2) is 53.4 Å². The van der Waals surface area contributed by atoms with Crippen molar-refractivity contribution in [2.45, 2.75) is 81.9 Å². The van der Waals surface area contributed by atoms with Crippen LogP contribution in [-0.4, -0.2) is 57.5 Å². The normalized spacial score (nSPS) is 21.6. The van der Waals surface area contributed by atoms with Crippen LogP contribution in [0.25, 0.3) is 0 Å². The lowest BCUT2D eigenvalue weighted by Crippen LogP contribution is -2.60. The molecule has 0 N–H and O–H groups in total. The first kappa shape index (κ1) is 28.7. The Morgan fingerprint density at radius 2 is 1.75 bits per heavy atom. The number of hydrogen-bond donors (Lipinski definition) is 0. The fraction of sp³-hybridized carbons (Fsp3) is 0.519. The first-order valence-electron chi connectivity index (χ1n) is 12.2. The SMILES string of the molecule is COC(=O)C1C(C)OC(C(C)(C)O[SiH2]C(C)(C)C)CN1Sc1ccc(OCc2ccc(F)cc2)cc1. The molecule has 0 spiro atoms. The van der Waals surface area contributed by atoms with Gasteiger partial charge in [0.25, 0.3) is 0 Å². The summed E-state index contributed by atoms with van der Waals surface area (Å²) in [6.45, 7) is 13.5. The molecule has 0 bridgehead atoms. The Kier molecular flexibility index (Phi) is 9.62. The van der Waals surface area contributed by atoms with Crippen LogP contribution >= 0.6 is 11.9 Å². The number of carbonyl (C=O) groups is 1. The molecule has 1 aliphatic heterocycles. The molecule has 3 unspecified atom stereocenters. The van der Waals surface area contributed by atoms with Gasteiger partial charge in [-0.2, -0.15) is 0 Å². The summed E-state index contributed by atoms with van der Waals surface area (Å²) in [7, 11) is 0.618. The average Bonchev–Trinajstić information content (AvgIpc) is 2.82. The molecule has 1 fully saturated rings. The lowest BCUT2D eigenvalue weighted by molar-refractivity contribution is -0.175. The van der Waals surface area contributed by atoms with E-state index in [1.165, 1.54) is 31.2 Å². The van der Waals surface area contributed by atoms with Gasteiger partial charge in [0.2, 0.25) is 0 Å². The Hall–Kier alpha value is -1.91. The number of carbonyl (C=O) groups excluding carboxylic acids is 1. The van der Waals surface area contributed by atoms with Gasteiger partial charge in [0.15, 0.2) is 9.76 Å². The number of rotatable bonds is 9. The fourth-order valence-corrected chi connectivity index (χ4v) is 5.87. The third-order valence-corrected chi connectivity index (χ3v) is 8.79.